The number of ether oxygens (including phenoxy) is 1. The van der Waals surface area contributed by atoms with Crippen LogP contribution in [0.15, 0.2) is 0 Å². The van der Waals surface area contributed by atoms with Crippen LogP contribution in [-0.2, 0) is 9.53 Å². The Bertz CT molecular complexity index is 238. The largest absolute Gasteiger partial charge is 0.480 e. The third-order valence-electron chi connectivity index (χ3n) is 2.24. The minimum Gasteiger partial charge on any atom is -0.480 e. The highest BCUT2D eigenvalue weighted by Crippen LogP contribution is 2.12. The molecule has 6 heteroatoms. The molecule has 6 nitrogen and oxygen atoms in total. The number of carbonyl (C=O) groups is 2. The van der Waals surface area contributed by atoms with E-state index in [1.807, 2.05) is 0 Å². The van der Waals surface area contributed by atoms with E-state index >= 15 is 0 Å². The molecule has 15 heavy (non-hydrogen) atoms. The maximum atomic E-state index is 11.3. The summed E-state index contributed by atoms with van der Waals surface area (Å²) >= 11 is 0. The number of carboxylic acids is 1. The molecule has 0 spiro atoms. The molecule has 86 valence electrons. The summed E-state index contributed by atoms with van der Waals surface area (Å²) in [5, 5.41) is 10.7. The first kappa shape index (κ1) is 11.8. The number of nitrogens with one attached hydrogen (secondary N) is 1. The first-order chi connectivity index (χ1) is 7.09. The summed E-state index contributed by atoms with van der Waals surface area (Å²) in [5.41, 5.74) is 0. The van der Waals surface area contributed by atoms with Gasteiger partial charge in [0, 0.05) is 20.2 Å². The Morgan fingerprint density at radius 3 is 2.87 bits per heavy atom. The van der Waals surface area contributed by atoms with E-state index in [4.69, 9.17) is 9.84 Å². The van der Waals surface area contributed by atoms with Gasteiger partial charge in [-0.05, 0) is 12.8 Å². The average Bonchev–Trinajstić information content (AvgIpc) is 2.66. The van der Waals surface area contributed by atoms with E-state index in [2.05, 4.69) is 5.32 Å². The van der Waals surface area contributed by atoms with Crippen LogP contribution in [0.4, 0.5) is 4.79 Å². The number of aliphatic carboxylic acids is 1. The summed E-state index contributed by atoms with van der Waals surface area (Å²) in [7, 11) is 1.62. The topological polar surface area (TPSA) is 78.9 Å². The molecule has 0 bridgehead atoms. The lowest BCUT2D eigenvalue weighted by molar-refractivity contribution is -0.135. The van der Waals surface area contributed by atoms with Gasteiger partial charge in [0.2, 0.25) is 0 Å². The van der Waals surface area contributed by atoms with Crippen molar-refractivity contribution in [3.8, 4) is 0 Å². The van der Waals surface area contributed by atoms with Crippen molar-refractivity contribution in [3.05, 3.63) is 0 Å². The Kier molecular flexibility index (Phi) is 4.36. The smallest absolute Gasteiger partial charge is 0.323 e. The first-order valence-electron chi connectivity index (χ1n) is 4.92. The molecule has 0 aromatic rings. The van der Waals surface area contributed by atoms with Gasteiger partial charge in [-0.15, -0.1) is 0 Å². The molecule has 1 heterocycles. The Hall–Kier alpha value is -1.30. The lowest BCUT2D eigenvalue weighted by Crippen LogP contribution is -2.42. The average molecular weight is 216 g/mol. The molecule has 2 amide bonds. The summed E-state index contributed by atoms with van der Waals surface area (Å²) in [6.07, 6.45) is 2.07. The minimum absolute atomic E-state index is 0.0885. The van der Waals surface area contributed by atoms with E-state index in [9.17, 15) is 9.59 Å². The van der Waals surface area contributed by atoms with Gasteiger partial charge in [0.1, 0.15) is 6.54 Å². The fourth-order valence-electron chi connectivity index (χ4n) is 1.46. The molecule has 0 aliphatic carbocycles. The predicted molar refractivity (Wildman–Crippen MR) is 52.6 cm³/mol. The van der Waals surface area contributed by atoms with Crippen LogP contribution in [-0.4, -0.2) is 54.9 Å². The third-order valence-corrected chi connectivity index (χ3v) is 2.24. The van der Waals surface area contributed by atoms with Gasteiger partial charge in [-0.3, -0.25) is 4.79 Å². The van der Waals surface area contributed by atoms with Crippen molar-refractivity contribution in [2.75, 3.05) is 26.7 Å². The number of carbonyl (C=O) groups excluding carboxylic acids is 1. The van der Waals surface area contributed by atoms with Crippen molar-refractivity contribution in [2.24, 2.45) is 0 Å². The van der Waals surface area contributed by atoms with Crippen molar-refractivity contribution in [1.82, 2.24) is 10.2 Å². The second-order valence-electron chi connectivity index (χ2n) is 3.57. The van der Waals surface area contributed by atoms with E-state index in [-0.39, 0.29) is 18.7 Å². The quantitative estimate of drug-likeness (QED) is 0.687. The van der Waals surface area contributed by atoms with Crippen LogP contribution in [0.1, 0.15) is 12.8 Å². The molecule has 1 aliphatic heterocycles. The zero-order valence-corrected chi connectivity index (χ0v) is 8.73. The van der Waals surface area contributed by atoms with E-state index in [0.29, 0.717) is 6.54 Å². The van der Waals surface area contributed by atoms with Crippen LogP contribution in [0.3, 0.4) is 0 Å². The van der Waals surface area contributed by atoms with Gasteiger partial charge in [0.25, 0.3) is 0 Å². The van der Waals surface area contributed by atoms with Crippen molar-refractivity contribution in [1.29, 1.82) is 0 Å². The van der Waals surface area contributed by atoms with Crippen LogP contribution in [0, 0.1) is 0 Å². The minimum atomic E-state index is -1.05. The van der Waals surface area contributed by atoms with Crippen molar-refractivity contribution in [3.63, 3.8) is 0 Å². The standard InChI is InChI=1S/C9H16N2O4/c1-11(6-7-3-2-4-15-7)9(14)10-5-8(12)13/h7H,2-6H2,1H3,(H,10,14)(H,12,13). The maximum Gasteiger partial charge on any atom is 0.323 e. The van der Waals surface area contributed by atoms with Gasteiger partial charge in [-0.25, -0.2) is 4.79 Å². The number of urea groups is 1. The SMILES string of the molecule is CN(CC1CCCO1)C(=O)NCC(=O)O. The molecule has 2 N–H and O–H groups in total. The van der Waals surface area contributed by atoms with Gasteiger partial charge in [-0.1, -0.05) is 0 Å². The molecule has 1 rings (SSSR count). The van der Waals surface area contributed by atoms with Crippen molar-refractivity contribution in [2.45, 2.75) is 18.9 Å². The first-order valence-corrected chi connectivity index (χ1v) is 4.92. The number of amides is 2. The fourth-order valence-corrected chi connectivity index (χ4v) is 1.46. The molecule has 1 unspecified atom stereocenters. The summed E-state index contributed by atoms with van der Waals surface area (Å²) < 4.78 is 5.36. The monoisotopic (exact) mass is 216 g/mol. The fraction of sp³-hybridized carbons (Fsp3) is 0.778. The van der Waals surface area contributed by atoms with Crippen LogP contribution in [0.25, 0.3) is 0 Å². The molecule has 0 aromatic heterocycles. The molecular formula is C9H16N2O4. The number of nitrogens with zero attached hydrogens (tertiary/aromatic N) is 1. The zero-order chi connectivity index (χ0) is 11.3. The van der Waals surface area contributed by atoms with E-state index in [0.717, 1.165) is 19.4 Å². The Balaban J connectivity index is 2.22. The van der Waals surface area contributed by atoms with Crippen LogP contribution >= 0.6 is 0 Å². The molecule has 1 saturated heterocycles. The molecule has 0 radical (unpaired) electrons. The van der Waals surface area contributed by atoms with Gasteiger partial charge in [0.05, 0.1) is 6.10 Å². The Morgan fingerprint density at radius 1 is 1.60 bits per heavy atom. The molecule has 1 atom stereocenters. The highest BCUT2D eigenvalue weighted by molar-refractivity contribution is 5.79. The molecule has 0 aromatic carbocycles. The van der Waals surface area contributed by atoms with Gasteiger partial charge in [0.15, 0.2) is 0 Å². The third kappa shape index (κ3) is 4.16. The van der Waals surface area contributed by atoms with Gasteiger partial charge < -0.3 is 20.1 Å². The second kappa shape index (κ2) is 5.55. The number of hydrogen-bond acceptors (Lipinski definition) is 3. The molecule has 0 saturated carbocycles. The number of hydrogen-bond donors (Lipinski definition) is 2. The molecule has 1 fully saturated rings. The van der Waals surface area contributed by atoms with Gasteiger partial charge in [-0.2, -0.15) is 0 Å². The molecule has 1 aliphatic rings. The molecular weight excluding hydrogens is 200 g/mol. The van der Waals surface area contributed by atoms with Crippen LogP contribution in [0.2, 0.25) is 0 Å². The summed E-state index contributed by atoms with van der Waals surface area (Å²) in [6.45, 7) is 0.898. The van der Waals surface area contributed by atoms with E-state index in [1.54, 1.807) is 7.05 Å². The van der Waals surface area contributed by atoms with Crippen LogP contribution < -0.4 is 5.32 Å². The predicted octanol–water partition coefficient (Wildman–Crippen LogP) is -0.109. The Labute approximate surface area is 88.2 Å². The lowest BCUT2D eigenvalue weighted by Gasteiger charge is -2.20. The van der Waals surface area contributed by atoms with Crippen molar-refractivity contribution < 1.29 is 19.4 Å². The lowest BCUT2D eigenvalue weighted by atomic mass is 10.2. The summed E-state index contributed by atoms with van der Waals surface area (Å²) in [5.74, 6) is -1.05. The highest BCUT2D eigenvalue weighted by atomic mass is 16.5. The van der Waals surface area contributed by atoms with E-state index < -0.39 is 5.97 Å². The maximum absolute atomic E-state index is 11.3. The van der Waals surface area contributed by atoms with Crippen molar-refractivity contribution >= 4 is 12.0 Å². The summed E-state index contributed by atoms with van der Waals surface area (Å²) in [4.78, 5) is 23.0. The normalized spacial score (nSPS) is 19.9. The summed E-state index contributed by atoms with van der Waals surface area (Å²) in [6, 6.07) is -0.382. The number of rotatable bonds is 4. The Morgan fingerprint density at radius 2 is 2.33 bits per heavy atom. The number of likely N-dealkylation sites (N-methyl/N-ethyl adjacent to an activating group) is 1. The van der Waals surface area contributed by atoms with Crippen LogP contribution in [0.5, 0.6) is 0 Å². The number of carboxylic acid groups (broad SMARTS) is 1. The zero-order valence-electron chi connectivity index (χ0n) is 8.73. The van der Waals surface area contributed by atoms with E-state index in [1.165, 1.54) is 4.90 Å². The second-order valence-corrected chi connectivity index (χ2v) is 3.57. The van der Waals surface area contributed by atoms with Gasteiger partial charge >= 0.3 is 12.0 Å². The highest BCUT2D eigenvalue weighted by Gasteiger charge is 2.19.